The van der Waals surface area contributed by atoms with Gasteiger partial charge >= 0.3 is 0 Å². The molecule has 0 aliphatic carbocycles. The molecule has 5 nitrogen and oxygen atoms in total. The number of nitrogens with zero attached hydrogens (tertiary/aromatic N) is 4. The van der Waals surface area contributed by atoms with Crippen molar-refractivity contribution in [2.24, 2.45) is 0 Å². The minimum absolute atomic E-state index is 0.748. The maximum Gasteiger partial charge on any atom is 0.0908 e. The SMILES string of the molecule is c1ccc2c(c1)CN1CN(CCOCCN3CN(C2)c2ccccc23)c2ccccc21. The topological polar surface area (TPSA) is 22.2 Å². The molecule has 0 amide bonds. The van der Waals surface area contributed by atoms with Crippen molar-refractivity contribution in [2.75, 3.05) is 59.2 Å². The highest BCUT2D eigenvalue weighted by atomic mass is 16.5. The predicted molar refractivity (Wildman–Crippen MR) is 127 cm³/mol. The fraction of sp³-hybridized carbons (Fsp3) is 0.308. The molecule has 0 aromatic heterocycles. The maximum atomic E-state index is 6.08. The summed E-state index contributed by atoms with van der Waals surface area (Å²) in [6.45, 7) is 6.99. The standard InChI is InChI=1S/C26H28N4O/c1-2-8-22-18-30-20-28(24-10-4-6-12-26(24)30)14-16-31-15-13-27-19-29(17-21(22)7-1)25-11-5-3-9-23(25)27/h1-12H,13-20H2. The average Bonchev–Trinajstić information content (AvgIpc) is 3.33. The zero-order valence-corrected chi connectivity index (χ0v) is 17.8. The van der Waals surface area contributed by atoms with Gasteiger partial charge in [0, 0.05) is 26.2 Å². The van der Waals surface area contributed by atoms with Crippen LogP contribution in [0.1, 0.15) is 11.1 Å². The molecule has 3 aromatic carbocycles. The summed E-state index contributed by atoms with van der Waals surface area (Å²) in [4.78, 5) is 9.89. The summed E-state index contributed by atoms with van der Waals surface area (Å²) in [6.07, 6.45) is 0. The van der Waals surface area contributed by atoms with Gasteiger partial charge in [0.2, 0.25) is 0 Å². The number of rotatable bonds is 0. The molecular formula is C26H28N4O. The fourth-order valence-electron chi connectivity index (χ4n) is 5.10. The lowest BCUT2D eigenvalue weighted by molar-refractivity contribution is 0.146. The van der Waals surface area contributed by atoms with E-state index < -0.39 is 0 Å². The largest absolute Gasteiger partial charge is 0.378 e. The van der Waals surface area contributed by atoms with Gasteiger partial charge in [0.05, 0.1) is 49.3 Å². The lowest BCUT2D eigenvalue weighted by atomic mass is 10.1. The van der Waals surface area contributed by atoms with E-state index in [4.69, 9.17) is 4.74 Å². The molecule has 31 heavy (non-hydrogen) atoms. The molecule has 6 rings (SSSR count). The van der Waals surface area contributed by atoms with Crippen LogP contribution in [0.25, 0.3) is 0 Å². The monoisotopic (exact) mass is 412 g/mol. The van der Waals surface area contributed by atoms with Gasteiger partial charge in [-0.15, -0.1) is 0 Å². The summed E-state index contributed by atoms with van der Waals surface area (Å²) in [5.41, 5.74) is 8.08. The van der Waals surface area contributed by atoms with E-state index in [1.165, 1.54) is 33.9 Å². The van der Waals surface area contributed by atoms with Crippen molar-refractivity contribution in [1.29, 1.82) is 0 Å². The third-order valence-corrected chi connectivity index (χ3v) is 6.66. The van der Waals surface area contributed by atoms with Gasteiger partial charge < -0.3 is 24.3 Å². The van der Waals surface area contributed by atoms with Crippen LogP contribution in [0.4, 0.5) is 22.7 Å². The molecule has 0 saturated heterocycles. The molecule has 0 N–H and O–H groups in total. The van der Waals surface area contributed by atoms with E-state index >= 15 is 0 Å². The summed E-state index contributed by atoms with van der Waals surface area (Å²) in [6, 6.07) is 26.5. The first kappa shape index (κ1) is 18.6. The summed E-state index contributed by atoms with van der Waals surface area (Å²) in [5.74, 6) is 0. The van der Waals surface area contributed by atoms with Crippen molar-refractivity contribution in [2.45, 2.75) is 13.1 Å². The minimum Gasteiger partial charge on any atom is -0.378 e. The van der Waals surface area contributed by atoms with Crippen molar-refractivity contribution >= 4 is 22.7 Å². The van der Waals surface area contributed by atoms with Gasteiger partial charge in [-0.2, -0.15) is 0 Å². The molecule has 0 radical (unpaired) electrons. The Bertz CT molecular complexity index is 1000. The maximum absolute atomic E-state index is 6.08. The Balaban J connectivity index is 1.37. The third-order valence-electron chi connectivity index (χ3n) is 6.66. The van der Waals surface area contributed by atoms with Crippen LogP contribution >= 0.6 is 0 Å². The molecular weight excluding hydrogens is 384 g/mol. The Morgan fingerprint density at radius 1 is 0.484 bits per heavy atom. The van der Waals surface area contributed by atoms with Gasteiger partial charge in [-0.05, 0) is 35.4 Å². The molecule has 4 bridgehead atoms. The first-order valence-corrected chi connectivity index (χ1v) is 11.2. The lowest BCUT2D eigenvalue weighted by Crippen LogP contribution is -2.34. The molecule has 158 valence electrons. The fourth-order valence-corrected chi connectivity index (χ4v) is 5.10. The second-order valence-electron chi connectivity index (χ2n) is 8.56. The van der Waals surface area contributed by atoms with Crippen LogP contribution in [0.2, 0.25) is 0 Å². The highest BCUT2D eigenvalue weighted by molar-refractivity contribution is 5.77. The molecule has 3 heterocycles. The molecule has 0 spiro atoms. The molecule has 0 fully saturated rings. The number of hydrogen-bond acceptors (Lipinski definition) is 5. The minimum atomic E-state index is 0.748. The van der Waals surface area contributed by atoms with Gasteiger partial charge in [0.25, 0.3) is 0 Å². The highest BCUT2D eigenvalue weighted by Gasteiger charge is 2.28. The summed E-state index contributed by atoms with van der Waals surface area (Å²) in [5, 5.41) is 0. The number of fused-ring (bicyclic) bond motifs is 11. The number of anilines is 4. The molecule has 3 aliphatic heterocycles. The van der Waals surface area contributed by atoms with E-state index in [0.29, 0.717) is 0 Å². The lowest BCUT2D eigenvalue weighted by Gasteiger charge is -2.25. The Kier molecular flexibility index (Phi) is 4.69. The third kappa shape index (κ3) is 3.39. The van der Waals surface area contributed by atoms with E-state index in [1.54, 1.807) is 0 Å². The van der Waals surface area contributed by atoms with E-state index in [1.807, 2.05) is 0 Å². The van der Waals surface area contributed by atoms with Gasteiger partial charge in [-0.1, -0.05) is 48.5 Å². The second kappa shape index (κ2) is 7.82. The first-order valence-electron chi connectivity index (χ1n) is 11.2. The van der Waals surface area contributed by atoms with Crippen molar-refractivity contribution in [3.63, 3.8) is 0 Å². The summed E-state index contributed by atoms with van der Waals surface area (Å²) >= 11 is 0. The quantitative estimate of drug-likeness (QED) is 0.548. The van der Waals surface area contributed by atoms with Crippen molar-refractivity contribution in [3.05, 3.63) is 83.9 Å². The Labute approximate surface area is 184 Å². The van der Waals surface area contributed by atoms with E-state index in [-0.39, 0.29) is 0 Å². The normalized spacial score (nSPS) is 18.2. The smallest absolute Gasteiger partial charge is 0.0908 e. The Hall–Kier alpha value is -3.18. The van der Waals surface area contributed by atoms with Crippen molar-refractivity contribution < 1.29 is 4.74 Å². The van der Waals surface area contributed by atoms with Crippen LogP contribution in [0.3, 0.4) is 0 Å². The Morgan fingerprint density at radius 3 is 1.32 bits per heavy atom. The number of benzene rings is 3. The highest BCUT2D eigenvalue weighted by Crippen LogP contribution is 2.39. The number of para-hydroxylation sites is 4. The number of hydrogen-bond donors (Lipinski definition) is 0. The predicted octanol–water partition coefficient (Wildman–Crippen LogP) is 4.29. The number of ether oxygens (including phenoxy) is 1. The molecule has 3 aliphatic rings. The molecule has 0 atom stereocenters. The van der Waals surface area contributed by atoms with Gasteiger partial charge in [0.15, 0.2) is 0 Å². The summed E-state index contributed by atoms with van der Waals surface area (Å²) < 4.78 is 6.08. The zero-order valence-electron chi connectivity index (χ0n) is 17.8. The Morgan fingerprint density at radius 2 is 0.871 bits per heavy atom. The van der Waals surface area contributed by atoms with Crippen molar-refractivity contribution in [3.8, 4) is 0 Å². The van der Waals surface area contributed by atoms with Crippen LogP contribution in [0, 0.1) is 0 Å². The van der Waals surface area contributed by atoms with Crippen LogP contribution in [0.15, 0.2) is 72.8 Å². The van der Waals surface area contributed by atoms with Gasteiger partial charge in [-0.25, -0.2) is 0 Å². The van der Waals surface area contributed by atoms with Crippen LogP contribution in [-0.4, -0.2) is 39.6 Å². The zero-order chi connectivity index (χ0) is 20.6. The second-order valence-corrected chi connectivity index (χ2v) is 8.56. The molecule has 3 aromatic rings. The molecule has 0 saturated carbocycles. The van der Waals surface area contributed by atoms with Gasteiger partial charge in [-0.3, -0.25) is 0 Å². The van der Waals surface area contributed by atoms with E-state index in [0.717, 1.165) is 52.7 Å². The van der Waals surface area contributed by atoms with Crippen LogP contribution in [-0.2, 0) is 17.8 Å². The summed E-state index contributed by atoms with van der Waals surface area (Å²) in [7, 11) is 0. The molecule has 0 unspecified atom stereocenters. The van der Waals surface area contributed by atoms with Crippen molar-refractivity contribution in [1.82, 2.24) is 0 Å². The first-order chi connectivity index (χ1) is 15.4. The average molecular weight is 413 g/mol. The van der Waals surface area contributed by atoms with Crippen LogP contribution in [0.5, 0.6) is 0 Å². The van der Waals surface area contributed by atoms with Crippen LogP contribution < -0.4 is 19.6 Å². The molecule has 5 heteroatoms. The van der Waals surface area contributed by atoms with Gasteiger partial charge in [0.1, 0.15) is 0 Å². The van der Waals surface area contributed by atoms with E-state index in [9.17, 15) is 0 Å². The van der Waals surface area contributed by atoms with E-state index in [2.05, 4.69) is 92.4 Å².